The molecule has 0 aromatic rings. The van der Waals surface area contributed by atoms with Gasteiger partial charge in [0.15, 0.2) is 19.6 Å². The molecule has 0 heterocycles. The lowest BCUT2D eigenvalue weighted by Gasteiger charge is -1.97. The Bertz CT molecular complexity index is 135. The monoisotopic (exact) mass is 128 g/mol. The molecule has 0 fully saturated rings. The van der Waals surface area contributed by atoms with Gasteiger partial charge in [-0.25, -0.2) is 0 Å². The van der Waals surface area contributed by atoms with Crippen LogP contribution in [0, 0.1) is 5.92 Å². The number of nitrogens with zero attached hydrogens (tertiary/aromatic N) is 2. The molecule has 0 rings (SSSR count). The van der Waals surface area contributed by atoms with Crippen molar-refractivity contribution in [3.63, 3.8) is 0 Å². The summed E-state index contributed by atoms with van der Waals surface area (Å²) in [5.41, 5.74) is 5.49. The van der Waals surface area contributed by atoms with Crippen LogP contribution in [0.2, 0.25) is 0 Å². The molecule has 0 aromatic carbocycles. The lowest BCUT2D eigenvalue weighted by atomic mass is 10.2. The normalized spacial score (nSPS) is 12.2. The van der Waals surface area contributed by atoms with Crippen LogP contribution in [0.25, 0.3) is 0 Å². The minimum atomic E-state index is 0.300. The number of amidine groups is 1. The van der Waals surface area contributed by atoms with Gasteiger partial charge in [-0.15, -0.1) is 0 Å². The zero-order valence-electron chi connectivity index (χ0n) is 6.26. The van der Waals surface area contributed by atoms with Gasteiger partial charge < -0.3 is 5.73 Å². The minimum absolute atomic E-state index is 0.300. The van der Waals surface area contributed by atoms with E-state index in [1.54, 1.807) is 7.05 Å². The molecule has 0 aliphatic carbocycles. The van der Waals surface area contributed by atoms with Crippen molar-refractivity contribution < 1.29 is 4.68 Å². The molecule has 3 heteroatoms. The molecular weight excluding hydrogens is 114 g/mol. The summed E-state index contributed by atoms with van der Waals surface area (Å²) in [7, 11) is 1.75. The first kappa shape index (κ1) is 8.14. The zero-order chi connectivity index (χ0) is 7.44. The predicted octanol–water partition coefficient (Wildman–Crippen LogP) is 0.257. The molecule has 0 atom stereocenters. The summed E-state index contributed by atoms with van der Waals surface area (Å²) in [6, 6.07) is 0. The summed E-state index contributed by atoms with van der Waals surface area (Å²) >= 11 is 0. The van der Waals surface area contributed by atoms with Gasteiger partial charge in [-0.05, 0) is 0 Å². The van der Waals surface area contributed by atoms with Crippen LogP contribution in [0.4, 0.5) is 0 Å². The highest BCUT2D eigenvalue weighted by Crippen LogP contribution is 1.89. The Morgan fingerprint density at radius 2 is 2.11 bits per heavy atom. The molecule has 0 unspecified atom stereocenters. The fourth-order valence-corrected chi connectivity index (χ4v) is 0.313. The average molecular weight is 128 g/mol. The SMILES string of the molecule is C=[N+](C)N=C(N)C(C)C. The van der Waals surface area contributed by atoms with Gasteiger partial charge in [-0.2, -0.15) is 0 Å². The third kappa shape index (κ3) is 3.70. The Morgan fingerprint density at radius 1 is 1.67 bits per heavy atom. The van der Waals surface area contributed by atoms with Crippen LogP contribution < -0.4 is 5.73 Å². The van der Waals surface area contributed by atoms with Crippen molar-refractivity contribution in [2.75, 3.05) is 7.05 Å². The Balaban J connectivity index is 4.00. The molecule has 0 saturated heterocycles. The molecule has 0 aliphatic heterocycles. The summed E-state index contributed by atoms with van der Waals surface area (Å²) in [5, 5.41) is 3.89. The summed E-state index contributed by atoms with van der Waals surface area (Å²) in [4.78, 5) is 0. The van der Waals surface area contributed by atoms with E-state index in [2.05, 4.69) is 11.8 Å². The second kappa shape index (κ2) is 3.22. The molecule has 3 nitrogen and oxygen atoms in total. The van der Waals surface area contributed by atoms with Gasteiger partial charge >= 0.3 is 0 Å². The smallest absolute Gasteiger partial charge is 0.170 e. The van der Waals surface area contributed by atoms with Crippen LogP contribution in [0.1, 0.15) is 13.8 Å². The maximum atomic E-state index is 5.49. The summed E-state index contributed by atoms with van der Waals surface area (Å²) in [5.74, 6) is 0.918. The molecule has 2 N–H and O–H groups in total. The second-order valence-corrected chi connectivity index (χ2v) is 2.34. The van der Waals surface area contributed by atoms with Crippen molar-refractivity contribution in [3.05, 3.63) is 0 Å². The number of hydrazone groups is 1. The van der Waals surface area contributed by atoms with Crippen molar-refractivity contribution in [1.82, 2.24) is 0 Å². The van der Waals surface area contributed by atoms with E-state index in [0.29, 0.717) is 11.8 Å². The van der Waals surface area contributed by atoms with Crippen molar-refractivity contribution in [2.24, 2.45) is 16.8 Å². The molecular formula is C6H14N3+. The maximum Gasteiger partial charge on any atom is 0.170 e. The van der Waals surface area contributed by atoms with Crippen molar-refractivity contribution in [2.45, 2.75) is 13.8 Å². The molecule has 0 bridgehead atoms. The number of nitrogens with two attached hydrogens (primary N) is 1. The minimum Gasteiger partial charge on any atom is -0.382 e. The van der Waals surface area contributed by atoms with Crippen LogP contribution in [0.3, 0.4) is 0 Å². The Kier molecular flexibility index (Phi) is 2.91. The fraction of sp³-hybridized carbons (Fsp3) is 0.667. The number of hydrogen-bond donors (Lipinski definition) is 1. The van der Waals surface area contributed by atoms with Gasteiger partial charge in [0.1, 0.15) is 0 Å². The van der Waals surface area contributed by atoms with Gasteiger partial charge in [0, 0.05) is 11.0 Å². The van der Waals surface area contributed by atoms with Crippen LogP contribution >= 0.6 is 0 Å². The largest absolute Gasteiger partial charge is 0.382 e. The van der Waals surface area contributed by atoms with E-state index in [1.807, 2.05) is 13.8 Å². The Labute approximate surface area is 55.9 Å². The lowest BCUT2D eigenvalue weighted by molar-refractivity contribution is -0.493. The quantitative estimate of drug-likeness (QED) is 0.246. The van der Waals surface area contributed by atoms with Crippen molar-refractivity contribution in [1.29, 1.82) is 0 Å². The van der Waals surface area contributed by atoms with Gasteiger partial charge in [-0.3, -0.25) is 0 Å². The second-order valence-electron chi connectivity index (χ2n) is 2.34. The first-order chi connectivity index (χ1) is 4.04. The fourth-order valence-electron chi connectivity index (χ4n) is 0.313. The Hall–Kier alpha value is -0.860. The third-order valence-electron chi connectivity index (χ3n) is 0.878. The van der Waals surface area contributed by atoms with Gasteiger partial charge in [-0.1, -0.05) is 18.5 Å². The van der Waals surface area contributed by atoms with E-state index in [0.717, 1.165) is 0 Å². The molecule has 9 heavy (non-hydrogen) atoms. The highest BCUT2D eigenvalue weighted by Gasteiger charge is 2.00. The van der Waals surface area contributed by atoms with Crippen LogP contribution in [0.5, 0.6) is 0 Å². The standard InChI is InChI=1S/C6H14N3/c1-5(2)6(7)8-9(3)4/h5H,3H2,1-2,4H3,(H2,7,8)/q+1. The average Bonchev–Trinajstić information content (AvgIpc) is 1.63. The third-order valence-corrected chi connectivity index (χ3v) is 0.878. The molecule has 0 spiro atoms. The highest BCUT2D eigenvalue weighted by atomic mass is 15.4. The molecule has 0 radical (unpaired) electrons. The van der Waals surface area contributed by atoms with Crippen LogP contribution in [0.15, 0.2) is 5.10 Å². The van der Waals surface area contributed by atoms with Gasteiger partial charge in [0.25, 0.3) is 0 Å². The van der Waals surface area contributed by atoms with Gasteiger partial charge in [0.05, 0.1) is 0 Å². The van der Waals surface area contributed by atoms with Gasteiger partial charge in [0.2, 0.25) is 0 Å². The topological polar surface area (TPSA) is 41.4 Å². The highest BCUT2D eigenvalue weighted by molar-refractivity contribution is 5.81. The first-order valence-electron chi connectivity index (χ1n) is 2.92. The van der Waals surface area contributed by atoms with E-state index in [4.69, 9.17) is 5.73 Å². The molecule has 0 amide bonds. The van der Waals surface area contributed by atoms with Crippen LogP contribution in [-0.2, 0) is 0 Å². The summed E-state index contributed by atoms with van der Waals surface area (Å²) in [6.45, 7) is 7.50. The maximum absolute atomic E-state index is 5.49. The van der Waals surface area contributed by atoms with Crippen molar-refractivity contribution >= 4 is 12.6 Å². The summed E-state index contributed by atoms with van der Waals surface area (Å²) in [6.07, 6.45) is 0. The van der Waals surface area contributed by atoms with E-state index < -0.39 is 0 Å². The van der Waals surface area contributed by atoms with E-state index in [1.165, 1.54) is 4.68 Å². The number of hydrogen-bond acceptors (Lipinski definition) is 1. The molecule has 0 aromatic heterocycles. The van der Waals surface area contributed by atoms with Crippen molar-refractivity contribution in [3.8, 4) is 0 Å². The van der Waals surface area contributed by atoms with E-state index in [9.17, 15) is 0 Å². The van der Waals surface area contributed by atoms with Crippen LogP contribution in [-0.4, -0.2) is 24.3 Å². The molecule has 0 saturated carbocycles. The lowest BCUT2D eigenvalue weighted by Crippen LogP contribution is -2.20. The molecule has 52 valence electrons. The van der Waals surface area contributed by atoms with E-state index in [-0.39, 0.29) is 0 Å². The Morgan fingerprint density at radius 3 is 2.22 bits per heavy atom. The molecule has 0 aliphatic rings. The van der Waals surface area contributed by atoms with E-state index >= 15 is 0 Å². The first-order valence-corrected chi connectivity index (χ1v) is 2.92. The number of rotatable bonds is 2. The zero-order valence-corrected chi connectivity index (χ0v) is 6.26. The summed E-state index contributed by atoms with van der Waals surface area (Å²) < 4.78 is 1.45. The predicted molar refractivity (Wildman–Crippen MR) is 39.8 cm³/mol.